The monoisotopic (exact) mass is 404 g/mol. The quantitative estimate of drug-likeness (QED) is 0.680. The summed E-state index contributed by atoms with van der Waals surface area (Å²) in [7, 11) is 0. The molecule has 2 N–H and O–H groups in total. The van der Waals surface area contributed by atoms with Gasteiger partial charge in [-0.1, -0.05) is 6.07 Å². The lowest BCUT2D eigenvalue weighted by atomic mass is 10.1. The molecular weight excluding hydrogens is 380 g/mol. The third-order valence-electron chi connectivity index (χ3n) is 4.76. The molecule has 1 saturated heterocycles. The Kier molecular flexibility index (Phi) is 5.62. The van der Waals surface area contributed by atoms with Crippen LogP contribution in [-0.2, 0) is 0 Å². The number of aryl methyl sites for hydroxylation is 1. The largest absolute Gasteiger partial charge is 0.354 e. The summed E-state index contributed by atoms with van der Waals surface area (Å²) < 4.78 is 0. The van der Waals surface area contributed by atoms with E-state index >= 15 is 0 Å². The molecule has 3 aromatic heterocycles. The van der Waals surface area contributed by atoms with Crippen LogP contribution in [0.3, 0.4) is 0 Å². The van der Waals surface area contributed by atoms with Crippen molar-refractivity contribution in [3.8, 4) is 11.5 Å². The summed E-state index contributed by atoms with van der Waals surface area (Å²) in [6.07, 6.45) is 3.25. The molecule has 3 aromatic rings. The fraction of sp³-hybridized carbons (Fsp3) is 0.333. The molecule has 0 saturated carbocycles. The molecule has 0 aromatic carbocycles. The number of anilines is 2. The van der Waals surface area contributed by atoms with E-state index in [9.17, 15) is 4.79 Å². The van der Waals surface area contributed by atoms with Gasteiger partial charge in [0, 0.05) is 37.6 Å². The van der Waals surface area contributed by atoms with Crippen LogP contribution in [0.5, 0.6) is 0 Å². The summed E-state index contributed by atoms with van der Waals surface area (Å²) in [4.78, 5) is 36.5. The molecular formula is C21H24N8O. The lowest BCUT2D eigenvalue weighted by Crippen LogP contribution is -2.54. The normalized spacial score (nSPS) is 18.8. The zero-order valence-corrected chi connectivity index (χ0v) is 17.2. The third kappa shape index (κ3) is 4.57. The lowest BCUT2D eigenvalue weighted by Gasteiger charge is -2.36. The van der Waals surface area contributed by atoms with Gasteiger partial charge in [0.1, 0.15) is 17.3 Å². The molecule has 154 valence electrons. The number of aromatic nitrogens is 5. The van der Waals surface area contributed by atoms with Gasteiger partial charge >= 0.3 is 0 Å². The number of nitrogens with zero attached hydrogens (tertiary/aromatic N) is 6. The summed E-state index contributed by atoms with van der Waals surface area (Å²) in [6.45, 7) is 7.81. The van der Waals surface area contributed by atoms with E-state index < -0.39 is 0 Å². The Bertz CT molecular complexity index is 1010. The first-order chi connectivity index (χ1) is 14.5. The summed E-state index contributed by atoms with van der Waals surface area (Å²) in [5.74, 6) is 1.63. The van der Waals surface area contributed by atoms with Gasteiger partial charge in [0.05, 0.1) is 5.56 Å². The van der Waals surface area contributed by atoms with Gasteiger partial charge < -0.3 is 10.2 Å². The van der Waals surface area contributed by atoms with Gasteiger partial charge in [-0.3, -0.25) is 15.1 Å². The van der Waals surface area contributed by atoms with Crippen molar-refractivity contribution >= 4 is 17.7 Å². The van der Waals surface area contributed by atoms with Crippen LogP contribution in [0.4, 0.5) is 11.8 Å². The van der Waals surface area contributed by atoms with Crippen molar-refractivity contribution in [1.82, 2.24) is 30.2 Å². The van der Waals surface area contributed by atoms with E-state index in [1.54, 1.807) is 31.5 Å². The Morgan fingerprint density at radius 3 is 2.53 bits per heavy atom. The molecule has 0 radical (unpaired) electrons. The number of hydrogen-bond acceptors (Lipinski definition) is 8. The number of hydrogen-bond donors (Lipinski definition) is 2. The number of nitrogens with one attached hydrogen (secondary N) is 2. The van der Waals surface area contributed by atoms with Gasteiger partial charge in [-0.05, 0) is 45.0 Å². The molecule has 0 unspecified atom stereocenters. The smallest absolute Gasteiger partial charge is 0.259 e. The number of rotatable bonds is 4. The molecule has 0 bridgehead atoms. The first-order valence-corrected chi connectivity index (χ1v) is 9.90. The maximum Gasteiger partial charge on any atom is 0.259 e. The Labute approximate surface area is 175 Å². The first kappa shape index (κ1) is 19.8. The van der Waals surface area contributed by atoms with Crippen molar-refractivity contribution in [3.63, 3.8) is 0 Å². The molecule has 1 aliphatic heterocycles. The highest BCUT2D eigenvalue weighted by atomic mass is 16.1. The number of pyridine rings is 2. The standard InChI is InChI=1S/C21H24N8O/c1-13-11-29(12-14(2)24-13)18-8-7-16(10-23-18)20(30)28-21-26-15(3)25-19(27-21)17-6-4-5-9-22-17/h4-10,13-14,24H,11-12H2,1-3H3,(H,25,26,27,28,30)/t13-,14+. The molecule has 4 rings (SSSR count). The summed E-state index contributed by atoms with van der Waals surface area (Å²) in [5, 5.41) is 6.23. The van der Waals surface area contributed by atoms with Crippen molar-refractivity contribution in [3.05, 3.63) is 54.1 Å². The average molecular weight is 404 g/mol. The maximum atomic E-state index is 12.7. The highest BCUT2D eigenvalue weighted by Crippen LogP contribution is 2.17. The van der Waals surface area contributed by atoms with Crippen LogP contribution in [0.15, 0.2) is 42.7 Å². The predicted octanol–water partition coefficient (Wildman–Crippen LogP) is 2.08. The van der Waals surface area contributed by atoms with Crippen molar-refractivity contribution < 1.29 is 4.79 Å². The number of carbonyl (C=O) groups is 1. The molecule has 1 aliphatic rings. The van der Waals surface area contributed by atoms with Crippen LogP contribution >= 0.6 is 0 Å². The van der Waals surface area contributed by atoms with Crippen molar-refractivity contribution in [2.45, 2.75) is 32.9 Å². The van der Waals surface area contributed by atoms with Crippen molar-refractivity contribution in [2.24, 2.45) is 0 Å². The molecule has 9 heteroatoms. The highest BCUT2D eigenvalue weighted by Gasteiger charge is 2.22. The van der Waals surface area contributed by atoms with Crippen molar-refractivity contribution in [1.29, 1.82) is 0 Å². The zero-order chi connectivity index (χ0) is 21.1. The van der Waals surface area contributed by atoms with Crippen LogP contribution in [0.2, 0.25) is 0 Å². The van der Waals surface area contributed by atoms with E-state index in [1.807, 2.05) is 18.2 Å². The minimum absolute atomic E-state index is 0.182. The molecule has 9 nitrogen and oxygen atoms in total. The Morgan fingerprint density at radius 1 is 1.07 bits per heavy atom. The van der Waals surface area contributed by atoms with Crippen LogP contribution in [0, 0.1) is 6.92 Å². The molecule has 30 heavy (non-hydrogen) atoms. The van der Waals surface area contributed by atoms with Gasteiger partial charge in [-0.15, -0.1) is 0 Å². The zero-order valence-electron chi connectivity index (χ0n) is 17.2. The van der Waals surface area contributed by atoms with E-state index in [2.05, 4.69) is 54.3 Å². The SMILES string of the molecule is Cc1nc(NC(=O)c2ccc(N3C[C@@H](C)N[C@@H](C)C3)nc2)nc(-c2ccccn2)n1. The number of piperazine rings is 1. The average Bonchev–Trinajstić information content (AvgIpc) is 2.73. The van der Waals surface area contributed by atoms with Gasteiger partial charge in [0.2, 0.25) is 5.95 Å². The van der Waals surface area contributed by atoms with Gasteiger partial charge in [-0.2, -0.15) is 9.97 Å². The molecule has 0 spiro atoms. The highest BCUT2D eigenvalue weighted by molar-refractivity contribution is 6.03. The maximum absolute atomic E-state index is 12.7. The molecule has 0 aliphatic carbocycles. The third-order valence-corrected chi connectivity index (χ3v) is 4.76. The van der Waals surface area contributed by atoms with E-state index in [0.717, 1.165) is 18.9 Å². The van der Waals surface area contributed by atoms with E-state index in [-0.39, 0.29) is 11.9 Å². The van der Waals surface area contributed by atoms with E-state index in [4.69, 9.17) is 0 Å². The second kappa shape index (κ2) is 8.50. The van der Waals surface area contributed by atoms with Crippen LogP contribution in [0.25, 0.3) is 11.5 Å². The summed E-state index contributed by atoms with van der Waals surface area (Å²) in [6, 6.07) is 9.89. The van der Waals surface area contributed by atoms with Crippen LogP contribution < -0.4 is 15.5 Å². The second-order valence-corrected chi connectivity index (χ2v) is 7.48. The summed E-state index contributed by atoms with van der Waals surface area (Å²) >= 11 is 0. The lowest BCUT2D eigenvalue weighted by molar-refractivity contribution is 0.102. The second-order valence-electron chi connectivity index (χ2n) is 7.48. The first-order valence-electron chi connectivity index (χ1n) is 9.90. The molecule has 2 atom stereocenters. The Balaban J connectivity index is 1.48. The Hall–Kier alpha value is -3.46. The minimum Gasteiger partial charge on any atom is -0.354 e. The fourth-order valence-corrected chi connectivity index (χ4v) is 3.54. The summed E-state index contributed by atoms with van der Waals surface area (Å²) in [5.41, 5.74) is 1.05. The number of amides is 1. The molecule has 4 heterocycles. The van der Waals surface area contributed by atoms with Gasteiger partial charge in [0.25, 0.3) is 5.91 Å². The van der Waals surface area contributed by atoms with Gasteiger partial charge in [0.15, 0.2) is 5.82 Å². The van der Waals surface area contributed by atoms with Crippen LogP contribution in [-0.4, -0.2) is 56.0 Å². The van der Waals surface area contributed by atoms with E-state index in [0.29, 0.717) is 35.0 Å². The minimum atomic E-state index is -0.325. The van der Waals surface area contributed by atoms with Crippen LogP contribution in [0.1, 0.15) is 30.0 Å². The topological polar surface area (TPSA) is 109 Å². The van der Waals surface area contributed by atoms with Crippen molar-refractivity contribution in [2.75, 3.05) is 23.3 Å². The molecule has 1 amide bonds. The van der Waals surface area contributed by atoms with Gasteiger partial charge in [-0.25, -0.2) is 9.97 Å². The Morgan fingerprint density at radius 2 is 1.87 bits per heavy atom. The molecule has 1 fully saturated rings. The fourth-order valence-electron chi connectivity index (χ4n) is 3.54. The van der Waals surface area contributed by atoms with E-state index in [1.165, 1.54) is 0 Å². The number of carbonyl (C=O) groups excluding carboxylic acids is 1. The predicted molar refractivity (Wildman–Crippen MR) is 114 cm³/mol.